The largest absolute Gasteiger partial charge is 0.388 e. The van der Waals surface area contributed by atoms with Crippen molar-refractivity contribution in [3.63, 3.8) is 0 Å². The Balaban J connectivity index is 2.27. The molecule has 0 fully saturated rings. The Morgan fingerprint density at radius 2 is 1.82 bits per heavy atom. The highest BCUT2D eigenvalue weighted by atomic mass is 79.9. The van der Waals surface area contributed by atoms with E-state index in [-0.39, 0.29) is 5.92 Å². The molecule has 0 amide bonds. The lowest BCUT2D eigenvalue weighted by atomic mass is 9.94. The third-order valence-corrected chi connectivity index (χ3v) is 3.57. The van der Waals surface area contributed by atoms with Crippen molar-refractivity contribution in [3.8, 4) is 0 Å². The van der Waals surface area contributed by atoms with Crippen LogP contribution in [0.4, 0.5) is 0 Å². The van der Waals surface area contributed by atoms with Gasteiger partial charge < -0.3 is 5.11 Å². The summed E-state index contributed by atoms with van der Waals surface area (Å²) < 4.78 is 0.926. The van der Waals surface area contributed by atoms with E-state index in [1.54, 1.807) is 6.20 Å². The fourth-order valence-electron chi connectivity index (χ4n) is 1.79. The summed E-state index contributed by atoms with van der Waals surface area (Å²) >= 11 is 3.46. The molecule has 3 heteroatoms. The van der Waals surface area contributed by atoms with E-state index >= 15 is 0 Å². The summed E-state index contributed by atoms with van der Waals surface area (Å²) in [6.45, 7) is 1.98. The molecular formula is C14H14BrNO. The topological polar surface area (TPSA) is 33.1 Å². The zero-order valence-corrected chi connectivity index (χ0v) is 11.1. The minimum absolute atomic E-state index is 0.0325. The number of aliphatic hydroxyl groups excluding tert-OH is 1. The van der Waals surface area contributed by atoms with Gasteiger partial charge in [-0.2, -0.15) is 0 Å². The molecule has 1 heterocycles. The maximum absolute atomic E-state index is 10.4. The summed E-state index contributed by atoms with van der Waals surface area (Å²) in [6, 6.07) is 13.5. The lowest BCUT2D eigenvalue weighted by Gasteiger charge is -2.19. The minimum Gasteiger partial charge on any atom is -0.388 e. The number of hydrogen-bond donors (Lipinski definition) is 1. The molecule has 2 nitrogen and oxygen atoms in total. The summed E-state index contributed by atoms with van der Waals surface area (Å²) in [6.07, 6.45) is 1.19. The lowest BCUT2D eigenvalue weighted by molar-refractivity contribution is 0.149. The number of aromatic nitrogens is 1. The van der Waals surface area contributed by atoms with Crippen LogP contribution in [0.25, 0.3) is 0 Å². The van der Waals surface area contributed by atoms with Gasteiger partial charge in [0.05, 0.1) is 6.10 Å². The first-order valence-corrected chi connectivity index (χ1v) is 6.33. The molecule has 1 aromatic heterocycles. The third-order valence-electron chi connectivity index (χ3n) is 2.85. The summed E-state index contributed by atoms with van der Waals surface area (Å²) in [4.78, 5) is 4.28. The molecule has 2 unspecified atom stereocenters. The van der Waals surface area contributed by atoms with Crippen LogP contribution in [-0.2, 0) is 0 Å². The van der Waals surface area contributed by atoms with Crippen molar-refractivity contribution in [1.82, 2.24) is 4.98 Å². The van der Waals surface area contributed by atoms with E-state index in [0.29, 0.717) is 0 Å². The molecule has 2 rings (SSSR count). The van der Waals surface area contributed by atoms with Crippen molar-refractivity contribution in [2.24, 2.45) is 0 Å². The van der Waals surface area contributed by atoms with Crippen LogP contribution < -0.4 is 0 Å². The molecule has 0 bridgehead atoms. The molecule has 0 spiro atoms. The van der Waals surface area contributed by atoms with Crippen LogP contribution in [0.2, 0.25) is 0 Å². The Bertz CT molecular complexity index is 487. The predicted molar refractivity (Wildman–Crippen MR) is 71.8 cm³/mol. The van der Waals surface area contributed by atoms with Gasteiger partial charge in [-0.05, 0) is 23.8 Å². The van der Waals surface area contributed by atoms with Gasteiger partial charge >= 0.3 is 0 Å². The second-order valence-corrected chi connectivity index (χ2v) is 4.86. The number of benzene rings is 1. The molecule has 1 N–H and O–H groups in total. The van der Waals surface area contributed by atoms with E-state index < -0.39 is 6.10 Å². The normalized spacial score (nSPS) is 14.3. The first kappa shape index (κ1) is 12.3. The lowest BCUT2D eigenvalue weighted by Crippen LogP contribution is -2.09. The van der Waals surface area contributed by atoms with Crippen molar-refractivity contribution >= 4 is 15.9 Å². The maximum Gasteiger partial charge on any atom is 0.0881 e. The summed E-state index contributed by atoms with van der Waals surface area (Å²) in [5.74, 6) is -0.0325. The standard InChI is InChI=1S/C14H14BrNO/c1-10(13-8-4-5-9-16-13)14(17)11-6-2-3-7-12(11)15/h2-10,14,17H,1H3. The molecule has 0 aliphatic carbocycles. The molecule has 0 saturated carbocycles. The van der Waals surface area contributed by atoms with Gasteiger partial charge in [0.2, 0.25) is 0 Å². The predicted octanol–water partition coefficient (Wildman–Crippen LogP) is 3.68. The number of halogens is 1. The Hall–Kier alpha value is -1.19. The van der Waals surface area contributed by atoms with Crippen LogP contribution in [0.5, 0.6) is 0 Å². The van der Waals surface area contributed by atoms with Crippen LogP contribution in [0.3, 0.4) is 0 Å². The van der Waals surface area contributed by atoms with E-state index in [9.17, 15) is 5.11 Å². The average Bonchev–Trinajstić information content (AvgIpc) is 2.39. The molecule has 1 aromatic carbocycles. The fraction of sp³-hybridized carbons (Fsp3) is 0.214. The van der Waals surface area contributed by atoms with Crippen LogP contribution >= 0.6 is 15.9 Å². The number of hydrogen-bond acceptors (Lipinski definition) is 2. The highest BCUT2D eigenvalue weighted by Gasteiger charge is 2.20. The molecule has 2 atom stereocenters. The second kappa shape index (κ2) is 5.43. The van der Waals surface area contributed by atoms with Gasteiger partial charge in [-0.3, -0.25) is 4.98 Å². The molecule has 0 aliphatic heterocycles. The first-order valence-electron chi connectivity index (χ1n) is 5.53. The highest BCUT2D eigenvalue weighted by Crippen LogP contribution is 2.33. The van der Waals surface area contributed by atoms with Gasteiger partial charge in [0.25, 0.3) is 0 Å². The van der Waals surface area contributed by atoms with Crippen molar-refractivity contribution in [2.45, 2.75) is 18.9 Å². The van der Waals surface area contributed by atoms with E-state index in [0.717, 1.165) is 15.7 Å². The molecule has 0 radical (unpaired) electrons. The molecule has 17 heavy (non-hydrogen) atoms. The molecular weight excluding hydrogens is 278 g/mol. The van der Waals surface area contributed by atoms with Gasteiger partial charge in [0, 0.05) is 22.3 Å². The van der Waals surface area contributed by atoms with Crippen molar-refractivity contribution in [1.29, 1.82) is 0 Å². The smallest absolute Gasteiger partial charge is 0.0881 e. The van der Waals surface area contributed by atoms with Crippen molar-refractivity contribution in [2.75, 3.05) is 0 Å². The van der Waals surface area contributed by atoms with Gasteiger partial charge in [-0.15, -0.1) is 0 Å². The van der Waals surface area contributed by atoms with Gasteiger partial charge in [-0.25, -0.2) is 0 Å². The zero-order valence-electron chi connectivity index (χ0n) is 9.55. The Morgan fingerprint density at radius 3 is 2.47 bits per heavy atom. The Morgan fingerprint density at radius 1 is 1.12 bits per heavy atom. The number of aliphatic hydroxyl groups is 1. The number of pyridine rings is 1. The molecule has 0 aliphatic rings. The van der Waals surface area contributed by atoms with E-state index in [4.69, 9.17) is 0 Å². The summed E-state index contributed by atoms with van der Waals surface area (Å²) in [7, 11) is 0. The van der Waals surface area contributed by atoms with Crippen LogP contribution in [0.1, 0.15) is 30.2 Å². The van der Waals surface area contributed by atoms with Gasteiger partial charge in [0.15, 0.2) is 0 Å². The van der Waals surface area contributed by atoms with Crippen LogP contribution in [-0.4, -0.2) is 10.1 Å². The van der Waals surface area contributed by atoms with E-state index in [2.05, 4.69) is 20.9 Å². The summed E-state index contributed by atoms with van der Waals surface area (Å²) in [5.41, 5.74) is 1.79. The minimum atomic E-state index is -0.555. The Labute approximate surface area is 109 Å². The first-order chi connectivity index (χ1) is 8.20. The molecule has 88 valence electrons. The summed E-state index contributed by atoms with van der Waals surface area (Å²) in [5, 5.41) is 10.4. The van der Waals surface area contributed by atoms with Gasteiger partial charge in [0.1, 0.15) is 0 Å². The fourth-order valence-corrected chi connectivity index (χ4v) is 2.31. The molecule has 0 saturated heterocycles. The third kappa shape index (κ3) is 2.73. The zero-order chi connectivity index (χ0) is 12.3. The van der Waals surface area contributed by atoms with Crippen LogP contribution in [0, 0.1) is 0 Å². The SMILES string of the molecule is CC(c1ccccn1)C(O)c1ccccc1Br. The van der Waals surface area contributed by atoms with Gasteiger partial charge in [-0.1, -0.05) is 47.1 Å². The van der Waals surface area contributed by atoms with E-state index in [1.165, 1.54) is 0 Å². The quantitative estimate of drug-likeness (QED) is 0.936. The maximum atomic E-state index is 10.4. The second-order valence-electron chi connectivity index (χ2n) is 4.01. The van der Waals surface area contributed by atoms with Crippen LogP contribution in [0.15, 0.2) is 53.1 Å². The van der Waals surface area contributed by atoms with Crippen molar-refractivity contribution < 1.29 is 5.11 Å². The molecule has 2 aromatic rings. The average molecular weight is 292 g/mol. The van der Waals surface area contributed by atoms with E-state index in [1.807, 2.05) is 49.4 Å². The van der Waals surface area contributed by atoms with Crippen molar-refractivity contribution in [3.05, 3.63) is 64.4 Å². The highest BCUT2D eigenvalue weighted by molar-refractivity contribution is 9.10. The Kier molecular flexibility index (Phi) is 3.92. The number of rotatable bonds is 3. The number of nitrogens with zero attached hydrogens (tertiary/aromatic N) is 1. The monoisotopic (exact) mass is 291 g/mol.